The second kappa shape index (κ2) is 8.08. The van der Waals surface area contributed by atoms with Crippen molar-refractivity contribution in [2.75, 3.05) is 13.1 Å². The van der Waals surface area contributed by atoms with E-state index in [2.05, 4.69) is 0 Å². The van der Waals surface area contributed by atoms with Gasteiger partial charge < -0.3 is 9.84 Å². The van der Waals surface area contributed by atoms with Crippen LogP contribution in [0.5, 0.6) is 0 Å². The predicted molar refractivity (Wildman–Crippen MR) is 85.4 cm³/mol. The van der Waals surface area contributed by atoms with Gasteiger partial charge in [-0.2, -0.15) is 0 Å². The van der Waals surface area contributed by atoms with Gasteiger partial charge >= 0.3 is 6.09 Å². The minimum atomic E-state index is -0.640. The first-order valence-corrected chi connectivity index (χ1v) is 8.04. The van der Waals surface area contributed by atoms with Gasteiger partial charge in [0.1, 0.15) is 12.8 Å². The summed E-state index contributed by atoms with van der Waals surface area (Å²) < 4.78 is 5.24. The van der Waals surface area contributed by atoms with Gasteiger partial charge in [0, 0.05) is 6.54 Å². The highest BCUT2D eigenvalue weighted by Crippen LogP contribution is 2.24. The van der Waals surface area contributed by atoms with E-state index >= 15 is 0 Å². The van der Waals surface area contributed by atoms with Crippen LogP contribution in [0.1, 0.15) is 32.3 Å². The number of hydrogen-bond donors (Lipinski definition) is 1. The molecule has 1 fully saturated rings. The molecule has 0 radical (unpaired) electrons. The Balaban J connectivity index is 1.98. The molecule has 0 bridgehead atoms. The van der Waals surface area contributed by atoms with E-state index in [0.29, 0.717) is 19.4 Å². The molecular formula is C17H24N2O4. The van der Waals surface area contributed by atoms with Crippen LogP contribution >= 0.6 is 0 Å². The van der Waals surface area contributed by atoms with Gasteiger partial charge in [-0.15, -0.1) is 0 Å². The fourth-order valence-electron chi connectivity index (χ4n) is 2.89. The first-order chi connectivity index (χ1) is 11.1. The minimum absolute atomic E-state index is 0.133. The molecular weight excluding hydrogens is 296 g/mol. The summed E-state index contributed by atoms with van der Waals surface area (Å²) in [6.45, 7) is 4.57. The summed E-state index contributed by atoms with van der Waals surface area (Å²) in [6, 6.07) is 8.88. The highest BCUT2D eigenvalue weighted by molar-refractivity contribution is 5.95. The Morgan fingerprint density at radius 2 is 1.96 bits per heavy atom. The third-order valence-electron chi connectivity index (χ3n) is 4.14. The molecule has 0 spiro atoms. The first kappa shape index (κ1) is 17.4. The van der Waals surface area contributed by atoms with Gasteiger partial charge in [0.2, 0.25) is 5.91 Å². The molecule has 0 aliphatic carbocycles. The molecule has 1 heterocycles. The predicted octanol–water partition coefficient (Wildman–Crippen LogP) is 1.97. The third-order valence-corrected chi connectivity index (χ3v) is 4.14. The first-order valence-electron chi connectivity index (χ1n) is 8.04. The molecule has 1 aliphatic heterocycles. The Morgan fingerprint density at radius 3 is 2.57 bits per heavy atom. The van der Waals surface area contributed by atoms with Crippen molar-refractivity contribution in [3.05, 3.63) is 35.9 Å². The molecule has 23 heavy (non-hydrogen) atoms. The smallest absolute Gasteiger partial charge is 0.416 e. The van der Waals surface area contributed by atoms with E-state index in [-0.39, 0.29) is 19.1 Å². The topological polar surface area (TPSA) is 70.1 Å². The van der Waals surface area contributed by atoms with Crippen molar-refractivity contribution >= 4 is 12.0 Å². The van der Waals surface area contributed by atoms with Crippen molar-refractivity contribution in [2.45, 2.75) is 45.6 Å². The molecule has 126 valence electrons. The number of ether oxygens (including phenoxy) is 1. The largest absolute Gasteiger partial charge is 0.444 e. The maximum atomic E-state index is 12.6. The third kappa shape index (κ3) is 4.09. The molecule has 1 aromatic carbocycles. The standard InChI is InChI=1S/C17H24N2O4/c1-3-18-14(10-11-15(18)20)16(21)19(4-2)17(22)23-12-13-8-6-5-7-9-13/h5-9,14-15,20H,3-4,10-12H2,1-2H3. The van der Waals surface area contributed by atoms with Gasteiger partial charge in [0.15, 0.2) is 0 Å². The van der Waals surface area contributed by atoms with Crippen molar-refractivity contribution in [1.29, 1.82) is 0 Å². The van der Waals surface area contributed by atoms with Crippen LogP contribution < -0.4 is 0 Å². The summed E-state index contributed by atoms with van der Waals surface area (Å²) in [7, 11) is 0. The fraction of sp³-hybridized carbons (Fsp3) is 0.529. The number of imide groups is 1. The molecule has 2 rings (SSSR count). The van der Waals surface area contributed by atoms with Crippen LogP contribution in [-0.2, 0) is 16.1 Å². The molecule has 6 nitrogen and oxygen atoms in total. The lowest BCUT2D eigenvalue weighted by Crippen LogP contribution is -2.49. The molecule has 0 aromatic heterocycles. The SMILES string of the molecule is CCN(C(=O)OCc1ccccc1)C(=O)C1CCC(O)N1CC. The molecule has 1 saturated heterocycles. The van der Waals surface area contributed by atoms with E-state index in [0.717, 1.165) is 10.5 Å². The van der Waals surface area contributed by atoms with Crippen molar-refractivity contribution < 1.29 is 19.4 Å². The lowest BCUT2D eigenvalue weighted by Gasteiger charge is -2.28. The number of rotatable bonds is 5. The van der Waals surface area contributed by atoms with Crippen LogP contribution in [0.4, 0.5) is 4.79 Å². The molecule has 1 aliphatic rings. The zero-order valence-corrected chi connectivity index (χ0v) is 13.6. The van der Waals surface area contributed by atoms with Gasteiger partial charge in [-0.25, -0.2) is 9.69 Å². The van der Waals surface area contributed by atoms with Crippen molar-refractivity contribution in [1.82, 2.24) is 9.80 Å². The van der Waals surface area contributed by atoms with Crippen LogP contribution in [-0.4, -0.2) is 52.3 Å². The number of aliphatic hydroxyl groups excluding tert-OH is 1. The average molecular weight is 320 g/mol. The zero-order valence-electron chi connectivity index (χ0n) is 13.6. The van der Waals surface area contributed by atoms with Gasteiger partial charge in [-0.1, -0.05) is 37.3 Å². The summed E-state index contributed by atoms with van der Waals surface area (Å²) >= 11 is 0. The number of amides is 2. The van der Waals surface area contributed by atoms with E-state index in [4.69, 9.17) is 4.74 Å². The zero-order chi connectivity index (χ0) is 16.8. The Bertz CT molecular complexity index is 535. The molecule has 2 atom stereocenters. The highest BCUT2D eigenvalue weighted by atomic mass is 16.6. The Kier molecular flexibility index (Phi) is 6.12. The Morgan fingerprint density at radius 1 is 1.26 bits per heavy atom. The average Bonchev–Trinajstić information content (AvgIpc) is 2.95. The number of likely N-dealkylation sites (N-methyl/N-ethyl adjacent to an activating group) is 2. The quantitative estimate of drug-likeness (QED) is 0.898. The maximum absolute atomic E-state index is 12.6. The van der Waals surface area contributed by atoms with Crippen LogP contribution in [0, 0.1) is 0 Å². The summed E-state index contributed by atoms with van der Waals surface area (Å²) in [5.74, 6) is -0.302. The molecule has 2 unspecified atom stereocenters. The lowest BCUT2D eigenvalue weighted by molar-refractivity contribution is -0.136. The molecule has 1 aromatic rings. The number of hydrogen-bond acceptors (Lipinski definition) is 5. The number of likely N-dealkylation sites (tertiary alicyclic amines) is 1. The number of nitrogens with zero attached hydrogens (tertiary/aromatic N) is 2. The van der Waals surface area contributed by atoms with E-state index < -0.39 is 18.4 Å². The van der Waals surface area contributed by atoms with Crippen molar-refractivity contribution in [3.63, 3.8) is 0 Å². The summed E-state index contributed by atoms with van der Waals surface area (Å²) in [6.07, 6.45) is -0.163. The maximum Gasteiger partial charge on any atom is 0.416 e. The molecule has 0 saturated carbocycles. The molecule has 1 N–H and O–H groups in total. The number of aliphatic hydroxyl groups is 1. The van der Waals surface area contributed by atoms with Gasteiger partial charge in [-0.3, -0.25) is 9.69 Å². The van der Waals surface area contributed by atoms with Crippen LogP contribution in [0.15, 0.2) is 30.3 Å². The van der Waals surface area contributed by atoms with Crippen molar-refractivity contribution in [3.8, 4) is 0 Å². The van der Waals surface area contributed by atoms with Crippen LogP contribution in [0.2, 0.25) is 0 Å². The number of carbonyl (C=O) groups excluding carboxylic acids is 2. The number of benzene rings is 1. The Hall–Kier alpha value is -1.92. The minimum Gasteiger partial charge on any atom is -0.444 e. The summed E-state index contributed by atoms with van der Waals surface area (Å²) in [4.78, 5) is 27.7. The Labute approximate surface area is 136 Å². The second-order valence-corrected chi connectivity index (χ2v) is 5.53. The van der Waals surface area contributed by atoms with Crippen LogP contribution in [0.3, 0.4) is 0 Å². The van der Waals surface area contributed by atoms with Gasteiger partial charge in [-0.05, 0) is 31.9 Å². The van der Waals surface area contributed by atoms with E-state index in [1.54, 1.807) is 11.8 Å². The normalized spacial score (nSPS) is 21.2. The molecule has 6 heteroatoms. The number of carbonyl (C=O) groups is 2. The van der Waals surface area contributed by atoms with E-state index in [1.165, 1.54) is 0 Å². The van der Waals surface area contributed by atoms with E-state index in [9.17, 15) is 14.7 Å². The molecule has 2 amide bonds. The van der Waals surface area contributed by atoms with E-state index in [1.807, 2.05) is 37.3 Å². The summed E-state index contributed by atoms with van der Waals surface area (Å²) in [5.41, 5.74) is 0.871. The van der Waals surface area contributed by atoms with Crippen LogP contribution in [0.25, 0.3) is 0 Å². The lowest BCUT2D eigenvalue weighted by atomic mass is 10.2. The second-order valence-electron chi connectivity index (χ2n) is 5.53. The monoisotopic (exact) mass is 320 g/mol. The van der Waals surface area contributed by atoms with Crippen molar-refractivity contribution in [2.24, 2.45) is 0 Å². The van der Waals surface area contributed by atoms with Gasteiger partial charge in [0.25, 0.3) is 0 Å². The highest BCUT2D eigenvalue weighted by Gasteiger charge is 2.39. The fourth-order valence-corrected chi connectivity index (χ4v) is 2.89. The van der Waals surface area contributed by atoms with Gasteiger partial charge in [0.05, 0.1) is 6.04 Å². The summed E-state index contributed by atoms with van der Waals surface area (Å²) in [5, 5.41) is 9.89.